The molecule has 30 heteroatoms. The average molecular weight is 1960 g/mol. The normalized spacial score (nSPS) is 11.8. The molecule has 0 aliphatic carbocycles. The Bertz CT molecular complexity index is 8890. The van der Waals surface area contributed by atoms with Crippen LogP contribution in [0.1, 0.15) is 155 Å². The lowest BCUT2D eigenvalue weighted by Gasteiger charge is -2.29. The summed E-state index contributed by atoms with van der Waals surface area (Å²) in [7, 11) is 0. The van der Waals surface area contributed by atoms with Gasteiger partial charge in [0.1, 0.15) is 5.48 Å². The quantitative estimate of drug-likeness (QED) is 0.0274. The van der Waals surface area contributed by atoms with Crippen LogP contribution in [0.15, 0.2) is 267 Å². The number of nitrogens with zero attached hydrogens (tertiary/aromatic N) is 15. The predicted molar refractivity (Wildman–Crippen MR) is 581 cm³/mol. The third-order valence-electron chi connectivity index (χ3n) is 26.9. The molecule has 0 fully saturated rings. The minimum absolute atomic E-state index is 0.0817. The SMILES string of the molecule is C=c1nc2c(c(=O)[nH]1)=Nc1cc(C)c(CCC)cc1N2CCCc1ccccc1.CCCc1ccc2c(c1)nc1c(=O)[nH]c(=O)nc-1n2CCCc1ccc(C)cc1.CCc1cc2nc3c(=O)[nH]c(=O)nc-3n(CCCc3ccc(C)cc3)c2cc1C.CCc1ccc2c(c1)nc1c(=O)[nH]c(=O)nc-1n2CCCc1cccc(C)c1.Cc1cc2nc3c(=O)[nH]c(=O)nc-3n(CC(O)Cc3ccc4ccccc4c3)c2cc1C. The van der Waals surface area contributed by atoms with E-state index in [1.165, 1.54) is 66.8 Å². The van der Waals surface area contributed by atoms with Crippen molar-refractivity contribution in [3.63, 3.8) is 0 Å². The highest BCUT2D eigenvalue weighted by molar-refractivity contribution is 5.86. The van der Waals surface area contributed by atoms with Crippen molar-refractivity contribution in [3.05, 3.63) is 412 Å². The number of aryl methyl sites for hydroxylation is 18. The summed E-state index contributed by atoms with van der Waals surface area (Å²) in [6.45, 7) is 29.6. The first-order valence-corrected chi connectivity index (χ1v) is 50.2. The van der Waals surface area contributed by atoms with Gasteiger partial charge in [0.25, 0.3) is 27.8 Å². The fourth-order valence-corrected chi connectivity index (χ4v) is 19.2. The molecule has 0 bridgehead atoms. The number of hydrogen-bond acceptors (Lipinski definition) is 21. The molecule has 6 N–H and O–H groups in total. The molecule has 1 aromatic heterocycles. The molecular weight excluding hydrogens is 1850 g/mol. The monoisotopic (exact) mass is 1960 g/mol. The van der Waals surface area contributed by atoms with Gasteiger partial charge in [-0.25, -0.2) is 49.1 Å². The van der Waals surface area contributed by atoms with Crippen LogP contribution in [0.5, 0.6) is 0 Å². The molecule has 0 saturated heterocycles. The van der Waals surface area contributed by atoms with Crippen LogP contribution in [0.3, 0.4) is 0 Å². The van der Waals surface area contributed by atoms with E-state index in [0.29, 0.717) is 65.7 Å². The predicted octanol–water partition coefficient (Wildman–Crippen LogP) is 16.4. The van der Waals surface area contributed by atoms with Gasteiger partial charge in [-0.05, 0) is 269 Å². The number of aliphatic hydroxyl groups is 1. The maximum absolute atomic E-state index is 12.5. The van der Waals surface area contributed by atoms with Crippen molar-refractivity contribution >= 4 is 78.7 Å². The zero-order valence-corrected chi connectivity index (χ0v) is 84.5. The van der Waals surface area contributed by atoms with E-state index in [4.69, 9.17) is 0 Å². The molecule has 147 heavy (non-hydrogen) atoms. The maximum atomic E-state index is 12.5. The Balaban J connectivity index is 0.000000126. The molecule has 0 amide bonds. The van der Waals surface area contributed by atoms with Crippen LogP contribution in [0, 0.1) is 48.5 Å². The van der Waals surface area contributed by atoms with Crippen LogP contribution in [0.4, 0.5) is 17.2 Å². The van der Waals surface area contributed by atoms with E-state index in [0.717, 1.165) is 179 Å². The smallest absolute Gasteiger partial charge is 0.349 e. The van der Waals surface area contributed by atoms with Crippen molar-refractivity contribution in [2.45, 2.75) is 205 Å². The van der Waals surface area contributed by atoms with E-state index >= 15 is 0 Å². The molecule has 10 heterocycles. The highest BCUT2D eigenvalue weighted by atomic mass is 16.3. The van der Waals surface area contributed by atoms with E-state index < -0.39 is 51.1 Å². The van der Waals surface area contributed by atoms with Gasteiger partial charge in [0.2, 0.25) is 0 Å². The van der Waals surface area contributed by atoms with Crippen molar-refractivity contribution in [1.82, 2.24) is 88.0 Å². The number of anilines is 2. The molecule has 9 aliphatic rings. The van der Waals surface area contributed by atoms with Gasteiger partial charge in [0.05, 0.1) is 68.2 Å². The van der Waals surface area contributed by atoms with Crippen molar-refractivity contribution in [1.29, 1.82) is 0 Å². The summed E-state index contributed by atoms with van der Waals surface area (Å²) in [6.07, 6.45) is 12.7. The minimum Gasteiger partial charge on any atom is -0.391 e. The topological polar surface area (TPSA) is 404 Å². The van der Waals surface area contributed by atoms with E-state index in [1.807, 2.05) is 106 Å². The first-order valence-electron chi connectivity index (χ1n) is 50.2. The highest BCUT2D eigenvalue weighted by Crippen LogP contribution is 2.39. The van der Waals surface area contributed by atoms with Gasteiger partial charge in [-0.3, -0.25) is 43.9 Å². The lowest BCUT2D eigenvalue weighted by atomic mass is 10.0. The van der Waals surface area contributed by atoms with Crippen LogP contribution in [0.2, 0.25) is 0 Å². The second kappa shape index (κ2) is 45.4. The molecule has 21 rings (SSSR count). The fraction of sp³-hybridized carbons (Fsp3) is 0.274. The van der Waals surface area contributed by atoms with Crippen molar-refractivity contribution in [2.24, 2.45) is 4.99 Å². The lowest BCUT2D eigenvalue weighted by Crippen LogP contribution is -2.42. The number of aliphatic hydroxyl groups excluding tert-OH is 1. The molecule has 0 spiro atoms. The Kier molecular flexibility index (Phi) is 31.4. The molecule has 0 radical (unpaired) electrons. The molecule has 30 nitrogen and oxygen atoms in total. The van der Waals surface area contributed by atoms with Gasteiger partial charge >= 0.3 is 22.8 Å². The summed E-state index contributed by atoms with van der Waals surface area (Å²) in [4.78, 5) is 167. The van der Waals surface area contributed by atoms with Crippen LogP contribution < -0.4 is 66.3 Å². The number of fused-ring (bicyclic) bond motifs is 11. The third kappa shape index (κ3) is 23.6. The van der Waals surface area contributed by atoms with Gasteiger partial charge in [-0.2, -0.15) is 19.9 Å². The number of aromatic nitrogens is 18. The zero-order valence-electron chi connectivity index (χ0n) is 84.5. The first kappa shape index (κ1) is 102. The number of aromatic amines is 5. The first-order chi connectivity index (χ1) is 71.0. The van der Waals surface area contributed by atoms with Gasteiger partial charge in [-0.1, -0.05) is 222 Å². The minimum atomic E-state index is -0.757. The summed E-state index contributed by atoms with van der Waals surface area (Å²) in [5.41, 5.74) is 23.3. The molecule has 9 aliphatic heterocycles. The van der Waals surface area contributed by atoms with E-state index in [2.05, 4.69) is 288 Å². The molecular formula is C117H118N20O10. The summed E-state index contributed by atoms with van der Waals surface area (Å²) >= 11 is 0. The Morgan fingerprint density at radius 1 is 0.327 bits per heavy atom. The fourth-order valence-electron chi connectivity index (χ4n) is 19.2. The Labute approximate surface area is 846 Å². The number of rotatable bonds is 26. The highest BCUT2D eigenvalue weighted by Gasteiger charge is 2.28. The van der Waals surface area contributed by atoms with Crippen molar-refractivity contribution in [3.8, 4) is 46.1 Å². The lowest BCUT2D eigenvalue weighted by molar-refractivity contribution is 0.156. The van der Waals surface area contributed by atoms with E-state index in [1.54, 1.807) is 4.57 Å². The second-order valence-corrected chi connectivity index (χ2v) is 37.8. The second-order valence-electron chi connectivity index (χ2n) is 37.8. The molecule has 0 saturated carbocycles. The van der Waals surface area contributed by atoms with Gasteiger partial charge in [-0.15, -0.1) is 0 Å². The zero-order chi connectivity index (χ0) is 103. The summed E-state index contributed by atoms with van der Waals surface area (Å²) in [5.74, 6) is 1.81. The Morgan fingerprint density at radius 2 is 0.762 bits per heavy atom. The van der Waals surface area contributed by atoms with Crippen LogP contribution in [-0.2, 0) is 84.0 Å². The van der Waals surface area contributed by atoms with Gasteiger partial charge in [0, 0.05) is 32.6 Å². The van der Waals surface area contributed by atoms with Gasteiger partial charge in [0.15, 0.2) is 57.2 Å². The number of hydrogen-bond donors (Lipinski definition) is 6. The van der Waals surface area contributed by atoms with Crippen molar-refractivity contribution < 1.29 is 5.11 Å². The average Bonchev–Trinajstić information content (AvgIpc) is 0.770. The molecule has 11 aromatic carbocycles. The van der Waals surface area contributed by atoms with Crippen LogP contribution >= 0.6 is 0 Å². The van der Waals surface area contributed by atoms with Gasteiger partial charge < -0.3 is 33.3 Å². The van der Waals surface area contributed by atoms with Crippen LogP contribution in [0.25, 0.3) is 108 Å². The molecule has 1 unspecified atom stereocenters. The van der Waals surface area contributed by atoms with E-state index in [-0.39, 0.29) is 40.7 Å². The summed E-state index contributed by atoms with van der Waals surface area (Å²) in [6, 6.07) is 74.5. The van der Waals surface area contributed by atoms with Crippen molar-refractivity contribution in [2.75, 3.05) is 11.4 Å². The summed E-state index contributed by atoms with van der Waals surface area (Å²) in [5, 5.41) is 13.6. The third-order valence-corrected chi connectivity index (χ3v) is 26.9. The maximum Gasteiger partial charge on any atom is 0.349 e. The van der Waals surface area contributed by atoms with Crippen LogP contribution in [-0.4, -0.2) is 106 Å². The molecule has 12 aromatic rings. The number of benzene rings is 11. The Morgan fingerprint density at radius 3 is 1.30 bits per heavy atom. The number of H-pyrrole nitrogens is 5. The summed E-state index contributed by atoms with van der Waals surface area (Å²) < 4.78 is 7.60. The Hall–Kier alpha value is -16.9. The van der Waals surface area contributed by atoms with E-state index in [9.17, 15) is 48.3 Å². The number of nitrogens with one attached hydrogen (secondary N) is 5. The molecule has 746 valence electrons. The largest absolute Gasteiger partial charge is 0.391 e. The molecule has 1 atom stereocenters. The standard InChI is InChI=1S/C25H22N4O3.C24H26N4O.2C23H24N4O2.C22H22N4O2/c1-14-9-20-21(10-15(14)2)29(23-22(26-20)24(31)28-25(32)27-23)13-19(30)12-16-7-8-17-5-3-4-6-18(17)11-16;1-4-9-19-15-21-20(14-16(19)2)27-22-23(25-17(3)26-24(22)29)28(21)13-8-12-18-10-6-5-7-11-18;1-4-17-13-18-19(12-15(17)3)27(11-5-6-16-9-7-14(2)8-10-16)21-20(24-18)22(28)26-23(29)25-21;1-3-5-17-11-12-19-18(14-17)24-20-21(25-23(29)26-22(20)28)27(19)13-4-6-16-9-7-15(2)8-10-16;1-3-15-9-10-18-17(13-15)23-19-20(24-22(28)25-21(19)27)26(18)11-5-8-16-7-4-6-14(2)12-16/h3-11,19,30H,12-13H2,1-2H3,(H,28,31,32);5-7,10-11,14-15H,3-4,8-9,12-13H2,1-2H3,(H,26,29);7-10,12-13H,4-6,11H2,1-3H3,(H,26,28,29);7-12,14H,3-6,13H2,1-2H3,(H,26,28,29);4,6-7,9-10,12-13H,3,5,8,11H2,1-2H3,(H,25,27,28).